The molecule has 0 aromatic carbocycles. The van der Waals surface area contributed by atoms with Gasteiger partial charge in [0.1, 0.15) is 18.8 Å². The highest BCUT2D eigenvalue weighted by molar-refractivity contribution is 5.84. The summed E-state index contributed by atoms with van der Waals surface area (Å²) < 4.78 is 22.9. The highest BCUT2D eigenvalue weighted by Gasteiger charge is 2.37. The number of nitrogens with zero attached hydrogens (tertiary/aromatic N) is 3. The molecule has 11 heteroatoms. The Kier molecular flexibility index (Phi) is 9.48. The van der Waals surface area contributed by atoms with E-state index in [1.165, 1.54) is 31.5 Å². The van der Waals surface area contributed by atoms with Crippen LogP contribution in [0, 0.1) is 0 Å². The topological polar surface area (TPSA) is 139 Å². The van der Waals surface area contributed by atoms with Crippen LogP contribution in [0.4, 0.5) is 0 Å². The van der Waals surface area contributed by atoms with Gasteiger partial charge >= 0.3 is 11.9 Å². The minimum absolute atomic E-state index is 0.134. The number of aryl methyl sites for hydroxylation is 1. The van der Waals surface area contributed by atoms with E-state index in [1.807, 2.05) is 0 Å². The summed E-state index contributed by atoms with van der Waals surface area (Å²) in [5, 5.41) is 18.9. The van der Waals surface area contributed by atoms with Crippen LogP contribution in [-0.4, -0.2) is 75.1 Å². The summed E-state index contributed by atoms with van der Waals surface area (Å²) in [7, 11) is 0. The highest BCUT2D eigenvalue weighted by Crippen LogP contribution is 2.20. The maximum atomic E-state index is 12.2. The van der Waals surface area contributed by atoms with Crippen molar-refractivity contribution in [1.82, 2.24) is 15.0 Å². The van der Waals surface area contributed by atoms with Gasteiger partial charge in [0.2, 0.25) is 0 Å². The van der Waals surface area contributed by atoms with Crippen LogP contribution in [0.25, 0.3) is 0 Å². The van der Waals surface area contributed by atoms with Crippen molar-refractivity contribution in [3.63, 3.8) is 0 Å². The maximum Gasteiger partial charge on any atom is 0.303 e. The van der Waals surface area contributed by atoms with Gasteiger partial charge in [0.05, 0.1) is 18.8 Å². The minimum Gasteiger partial charge on any atom is -0.463 e. The number of carbonyl (C=O) groups excluding carboxylic acids is 3. The SMILES string of the molecule is CCCCc1cn(CC(O)(CO[C@@H]2C=C[C@H](OC(C)=O)[C@@H](COC(C)=O)O2)C(C)=O)nn1. The van der Waals surface area contributed by atoms with E-state index in [0.29, 0.717) is 0 Å². The number of Topliss-reactive ketones (excluding diaryl/α,β-unsaturated/α-hetero) is 1. The van der Waals surface area contributed by atoms with E-state index in [2.05, 4.69) is 17.2 Å². The number of ketones is 1. The molecule has 1 aromatic heterocycles. The number of ether oxygens (including phenoxy) is 4. The normalized spacial score (nSPS) is 22.2. The first-order valence-electron chi connectivity index (χ1n) is 10.5. The van der Waals surface area contributed by atoms with E-state index < -0.39 is 41.8 Å². The predicted octanol–water partition coefficient (Wildman–Crippen LogP) is 0.733. The standard InChI is InChI=1S/C21H31N3O8/c1-5-6-7-17-10-24(23-22-17)12-21(28,14(2)25)13-30-20-9-8-18(31-16(4)27)19(32-20)11-29-15(3)26/h8-10,18-20,28H,5-7,11-13H2,1-4H3/t18-,19+,20-,21?/m0/s1. The summed E-state index contributed by atoms with van der Waals surface area (Å²) >= 11 is 0. The molecular formula is C21H31N3O8. The molecule has 1 aliphatic rings. The molecule has 1 aliphatic heterocycles. The van der Waals surface area contributed by atoms with Crippen molar-refractivity contribution in [3.8, 4) is 0 Å². The Morgan fingerprint density at radius 3 is 2.59 bits per heavy atom. The molecule has 0 radical (unpaired) electrons. The van der Waals surface area contributed by atoms with Crippen molar-refractivity contribution in [2.75, 3.05) is 13.2 Å². The molecule has 1 N–H and O–H groups in total. The summed E-state index contributed by atoms with van der Waals surface area (Å²) in [6.07, 6.45) is 4.96. The molecule has 4 atom stereocenters. The second-order valence-electron chi connectivity index (χ2n) is 7.71. The van der Waals surface area contributed by atoms with Crippen LogP contribution < -0.4 is 0 Å². The number of aliphatic hydroxyl groups is 1. The Labute approximate surface area is 186 Å². The lowest BCUT2D eigenvalue weighted by molar-refractivity contribution is -0.211. The number of rotatable bonds is 12. The van der Waals surface area contributed by atoms with Crippen molar-refractivity contribution >= 4 is 17.7 Å². The first-order valence-corrected chi connectivity index (χ1v) is 10.5. The third-order valence-electron chi connectivity index (χ3n) is 4.82. The third-order valence-corrected chi connectivity index (χ3v) is 4.82. The zero-order valence-electron chi connectivity index (χ0n) is 18.9. The fourth-order valence-electron chi connectivity index (χ4n) is 2.99. The van der Waals surface area contributed by atoms with Gasteiger partial charge in [-0.05, 0) is 31.9 Å². The van der Waals surface area contributed by atoms with Crippen molar-refractivity contribution in [2.45, 2.75) is 77.6 Å². The first-order chi connectivity index (χ1) is 15.1. The molecule has 0 spiro atoms. The van der Waals surface area contributed by atoms with E-state index in [1.54, 1.807) is 12.3 Å². The van der Waals surface area contributed by atoms with Gasteiger partial charge in [0.15, 0.2) is 17.7 Å². The van der Waals surface area contributed by atoms with Crippen LogP contribution in [0.5, 0.6) is 0 Å². The number of hydrogen-bond acceptors (Lipinski definition) is 10. The van der Waals surface area contributed by atoms with Crippen molar-refractivity contribution in [3.05, 3.63) is 24.0 Å². The largest absolute Gasteiger partial charge is 0.463 e. The summed E-state index contributed by atoms with van der Waals surface area (Å²) in [5.74, 6) is -1.54. The molecular weight excluding hydrogens is 422 g/mol. The van der Waals surface area contributed by atoms with Crippen LogP contribution in [0.1, 0.15) is 46.2 Å². The Balaban J connectivity index is 2.02. The summed E-state index contributed by atoms with van der Waals surface area (Å²) in [5.41, 5.74) is -1.08. The minimum atomic E-state index is -1.86. The number of carbonyl (C=O) groups is 3. The molecule has 2 rings (SSSR count). The first kappa shape index (κ1) is 25.6. The van der Waals surface area contributed by atoms with Crippen LogP contribution in [0.15, 0.2) is 18.3 Å². The van der Waals surface area contributed by atoms with Crippen molar-refractivity contribution < 1.29 is 38.4 Å². The monoisotopic (exact) mass is 453 g/mol. The predicted molar refractivity (Wildman–Crippen MR) is 110 cm³/mol. The molecule has 0 aliphatic carbocycles. The smallest absolute Gasteiger partial charge is 0.303 e. The van der Waals surface area contributed by atoms with E-state index in [-0.39, 0.29) is 19.8 Å². The summed E-state index contributed by atoms with van der Waals surface area (Å²) in [6, 6.07) is 0. The highest BCUT2D eigenvalue weighted by atomic mass is 16.7. The molecule has 32 heavy (non-hydrogen) atoms. The Morgan fingerprint density at radius 1 is 1.22 bits per heavy atom. The molecule has 11 nitrogen and oxygen atoms in total. The lowest BCUT2D eigenvalue weighted by Crippen LogP contribution is -2.48. The van der Waals surface area contributed by atoms with Gasteiger partial charge in [-0.25, -0.2) is 4.68 Å². The second-order valence-corrected chi connectivity index (χ2v) is 7.71. The van der Waals surface area contributed by atoms with Crippen LogP contribution >= 0.6 is 0 Å². The molecule has 2 heterocycles. The summed E-state index contributed by atoms with van der Waals surface area (Å²) in [4.78, 5) is 34.6. The van der Waals surface area contributed by atoms with E-state index in [9.17, 15) is 19.5 Å². The molecule has 0 bridgehead atoms. The average molecular weight is 453 g/mol. The number of hydrogen-bond donors (Lipinski definition) is 1. The van der Waals surface area contributed by atoms with Crippen LogP contribution in [0.3, 0.4) is 0 Å². The molecule has 0 saturated carbocycles. The van der Waals surface area contributed by atoms with Gasteiger partial charge < -0.3 is 24.1 Å². The molecule has 1 aromatic rings. The van der Waals surface area contributed by atoms with Crippen molar-refractivity contribution in [2.24, 2.45) is 0 Å². The van der Waals surface area contributed by atoms with Crippen LogP contribution in [0.2, 0.25) is 0 Å². The quantitative estimate of drug-likeness (QED) is 0.356. The van der Waals surface area contributed by atoms with Gasteiger partial charge in [0, 0.05) is 20.0 Å². The lowest BCUT2D eigenvalue weighted by Gasteiger charge is -2.33. The summed E-state index contributed by atoms with van der Waals surface area (Å²) in [6.45, 7) is 5.17. The number of esters is 2. The molecule has 0 fully saturated rings. The van der Waals surface area contributed by atoms with Crippen molar-refractivity contribution in [1.29, 1.82) is 0 Å². The molecule has 178 valence electrons. The maximum absolute atomic E-state index is 12.2. The lowest BCUT2D eigenvalue weighted by atomic mass is 10.0. The van der Waals surface area contributed by atoms with Gasteiger partial charge in [-0.3, -0.25) is 14.4 Å². The fraction of sp³-hybridized carbons (Fsp3) is 0.667. The zero-order chi connectivity index (χ0) is 23.7. The number of unbranched alkanes of at least 4 members (excludes halogenated alkanes) is 1. The molecule has 1 unspecified atom stereocenters. The van der Waals surface area contributed by atoms with Gasteiger partial charge in [-0.1, -0.05) is 18.6 Å². The zero-order valence-corrected chi connectivity index (χ0v) is 18.9. The third kappa shape index (κ3) is 7.81. The average Bonchev–Trinajstić information content (AvgIpc) is 3.16. The Morgan fingerprint density at radius 2 is 1.97 bits per heavy atom. The molecule has 0 saturated heterocycles. The van der Waals surface area contributed by atoms with Gasteiger partial charge in [-0.15, -0.1) is 5.10 Å². The Bertz CT molecular complexity index is 824. The molecule has 0 amide bonds. The fourth-order valence-corrected chi connectivity index (χ4v) is 2.99. The second kappa shape index (κ2) is 11.8. The van der Waals surface area contributed by atoms with Gasteiger partial charge in [0.25, 0.3) is 0 Å². The number of aromatic nitrogens is 3. The van der Waals surface area contributed by atoms with Crippen LogP contribution in [-0.2, 0) is 46.3 Å². The van der Waals surface area contributed by atoms with E-state index in [0.717, 1.165) is 25.0 Å². The Hall–Kier alpha value is -2.63. The van der Waals surface area contributed by atoms with Gasteiger partial charge in [-0.2, -0.15) is 0 Å². The van der Waals surface area contributed by atoms with E-state index in [4.69, 9.17) is 18.9 Å². The van der Waals surface area contributed by atoms with E-state index >= 15 is 0 Å².